The van der Waals surface area contributed by atoms with Crippen molar-refractivity contribution >= 4 is 24.5 Å². The van der Waals surface area contributed by atoms with Crippen LogP contribution in [0.4, 0.5) is 0 Å². The molecular weight excluding hydrogens is 250 g/mol. The van der Waals surface area contributed by atoms with E-state index in [1.54, 1.807) is 0 Å². The Hall–Kier alpha value is -0.970. The van der Waals surface area contributed by atoms with Crippen LogP contribution < -0.4 is 5.32 Å². The largest absolute Gasteiger partial charge is 0.478 e. The zero-order valence-electron chi connectivity index (χ0n) is 10.5. The van der Waals surface area contributed by atoms with Gasteiger partial charge in [0, 0.05) is 17.7 Å². The molecule has 0 aromatic heterocycles. The highest BCUT2D eigenvalue weighted by molar-refractivity contribution is 7.80. The second-order valence-electron chi connectivity index (χ2n) is 5.43. The number of fused-ring (bicyclic) bond motifs is 2. The molecule has 1 fully saturated rings. The Labute approximate surface area is 112 Å². The van der Waals surface area contributed by atoms with Gasteiger partial charge in [-0.15, -0.1) is 0 Å². The summed E-state index contributed by atoms with van der Waals surface area (Å²) in [6.45, 7) is 2.57. The van der Waals surface area contributed by atoms with Crippen molar-refractivity contribution < 1.29 is 14.7 Å². The van der Waals surface area contributed by atoms with Crippen LogP contribution in [0.2, 0.25) is 0 Å². The van der Waals surface area contributed by atoms with Gasteiger partial charge >= 0.3 is 5.97 Å². The zero-order valence-corrected chi connectivity index (χ0v) is 11.4. The summed E-state index contributed by atoms with van der Waals surface area (Å²) in [5.74, 6) is -0.342. The average molecular weight is 269 g/mol. The van der Waals surface area contributed by atoms with Crippen molar-refractivity contribution in [2.45, 2.75) is 32.6 Å². The number of hydrogen-bond acceptors (Lipinski definition) is 3. The highest BCUT2D eigenvalue weighted by Crippen LogP contribution is 2.57. The van der Waals surface area contributed by atoms with Gasteiger partial charge in [0.15, 0.2) is 0 Å². The number of nitrogens with one attached hydrogen (secondary N) is 1. The van der Waals surface area contributed by atoms with Gasteiger partial charge in [0.1, 0.15) is 0 Å². The lowest BCUT2D eigenvalue weighted by atomic mass is 9.80. The predicted octanol–water partition coefficient (Wildman–Crippen LogP) is 1.62. The quantitative estimate of drug-likeness (QED) is 0.525. The summed E-state index contributed by atoms with van der Waals surface area (Å²) in [6.07, 6.45) is 3.42. The van der Waals surface area contributed by atoms with Gasteiger partial charge in [0.25, 0.3) is 0 Å². The molecule has 1 amide bonds. The smallest absolute Gasteiger partial charge is 0.332 e. The first-order chi connectivity index (χ1) is 8.49. The third-order valence-electron chi connectivity index (χ3n) is 4.10. The molecular formula is C13H19NO3S. The van der Waals surface area contributed by atoms with E-state index in [1.807, 2.05) is 6.92 Å². The first-order valence-electron chi connectivity index (χ1n) is 6.36. The van der Waals surface area contributed by atoms with Gasteiger partial charge in [0.05, 0.1) is 0 Å². The van der Waals surface area contributed by atoms with E-state index in [-0.39, 0.29) is 17.2 Å². The summed E-state index contributed by atoms with van der Waals surface area (Å²) in [4.78, 5) is 23.5. The minimum Gasteiger partial charge on any atom is -0.478 e. The number of hydrogen-bond donors (Lipinski definition) is 3. The van der Waals surface area contributed by atoms with Gasteiger partial charge < -0.3 is 10.4 Å². The fourth-order valence-electron chi connectivity index (χ4n) is 3.29. The third kappa shape index (κ3) is 2.16. The van der Waals surface area contributed by atoms with Gasteiger partial charge in [0.2, 0.25) is 5.91 Å². The summed E-state index contributed by atoms with van der Waals surface area (Å²) in [5, 5.41) is 12.1. The van der Waals surface area contributed by atoms with E-state index < -0.39 is 5.97 Å². The summed E-state index contributed by atoms with van der Waals surface area (Å²) >= 11 is 4.09. The fraction of sp³-hybridized carbons (Fsp3) is 0.692. The Kier molecular flexibility index (Phi) is 3.71. The Morgan fingerprint density at radius 1 is 1.56 bits per heavy atom. The van der Waals surface area contributed by atoms with Crippen molar-refractivity contribution in [3.05, 3.63) is 11.1 Å². The van der Waals surface area contributed by atoms with Crippen LogP contribution in [0.5, 0.6) is 0 Å². The van der Waals surface area contributed by atoms with Crippen LogP contribution in [-0.4, -0.2) is 29.3 Å². The highest BCUT2D eigenvalue weighted by atomic mass is 32.1. The fourth-order valence-corrected chi connectivity index (χ4v) is 3.45. The summed E-state index contributed by atoms with van der Waals surface area (Å²) in [7, 11) is 0. The SMILES string of the molecule is CC12CCC(C1)C(C(=O)O)=C2C(=O)NCCCS. The zero-order chi connectivity index (χ0) is 13.3. The number of thiol groups is 1. The van der Waals surface area contributed by atoms with E-state index in [9.17, 15) is 14.7 Å². The molecule has 0 heterocycles. The molecule has 100 valence electrons. The molecule has 0 aromatic carbocycles. The van der Waals surface area contributed by atoms with Crippen LogP contribution >= 0.6 is 12.6 Å². The second kappa shape index (κ2) is 4.96. The number of aliphatic carboxylic acids is 1. The van der Waals surface area contributed by atoms with Gasteiger partial charge in [-0.3, -0.25) is 4.79 Å². The summed E-state index contributed by atoms with van der Waals surface area (Å²) in [5.41, 5.74) is 0.640. The summed E-state index contributed by atoms with van der Waals surface area (Å²) in [6, 6.07) is 0. The van der Waals surface area contributed by atoms with Gasteiger partial charge in [-0.2, -0.15) is 12.6 Å². The molecule has 0 aliphatic heterocycles. The molecule has 2 N–H and O–H groups in total. The molecule has 0 aromatic rings. The van der Waals surface area contributed by atoms with Crippen LogP contribution in [0.25, 0.3) is 0 Å². The highest BCUT2D eigenvalue weighted by Gasteiger charge is 2.52. The van der Waals surface area contributed by atoms with Crippen molar-refractivity contribution in [1.82, 2.24) is 5.32 Å². The lowest BCUT2D eigenvalue weighted by Gasteiger charge is -2.25. The van der Waals surface area contributed by atoms with Gasteiger partial charge in [-0.25, -0.2) is 4.79 Å². The second-order valence-corrected chi connectivity index (χ2v) is 5.87. The third-order valence-corrected chi connectivity index (χ3v) is 4.42. The number of rotatable bonds is 5. The predicted molar refractivity (Wildman–Crippen MR) is 71.6 cm³/mol. The van der Waals surface area contributed by atoms with Crippen LogP contribution in [0.3, 0.4) is 0 Å². The number of carbonyl (C=O) groups excluding carboxylic acids is 1. The molecule has 0 radical (unpaired) electrons. The number of carboxylic acid groups (broad SMARTS) is 1. The molecule has 0 spiro atoms. The van der Waals surface area contributed by atoms with Crippen molar-refractivity contribution in [2.24, 2.45) is 11.3 Å². The molecule has 2 rings (SSSR count). The monoisotopic (exact) mass is 269 g/mol. The Morgan fingerprint density at radius 3 is 2.89 bits per heavy atom. The van der Waals surface area contributed by atoms with E-state index >= 15 is 0 Å². The lowest BCUT2D eigenvalue weighted by molar-refractivity contribution is -0.133. The van der Waals surface area contributed by atoms with Crippen LogP contribution in [-0.2, 0) is 9.59 Å². The molecule has 2 aliphatic carbocycles. The Morgan fingerprint density at radius 2 is 2.28 bits per heavy atom. The first kappa shape index (κ1) is 13.5. The average Bonchev–Trinajstić information content (AvgIpc) is 2.81. The van der Waals surface area contributed by atoms with Gasteiger partial charge in [-0.1, -0.05) is 6.92 Å². The van der Waals surface area contributed by atoms with Crippen LogP contribution in [0.15, 0.2) is 11.1 Å². The maximum atomic E-state index is 12.2. The number of carbonyl (C=O) groups is 2. The molecule has 5 heteroatoms. The maximum Gasteiger partial charge on any atom is 0.332 e. The number of carboxylic acids is 1. The van der Waals surface area contributed by atoms with Crippen molar-refractivity contribution in [3.63, 3.8) is 0 Å². The summed E-state index contributed by atoms with van der Waals surface area (Å²) < 4.78 is 0. The van der Waals surface area contributed by atoms with Crippen LogP contribution in [0.1, 0.15) is 32.6 Å². The van der Waals surface area contributed by atoms with E-state index in [0.29, 0.717) is 23.4 Å². The van der Waals surface area contributed by atoms with Crippen LogP contribution in [0, 0.1) is 11.3 Å². The molecule has 1 saturated carbocycles. The van der Waals surface area contributed by atoms with Gasteiger partial charge in [-0.05, 0) is 42.8 Å². The first-order valence-corrected chi connectivity index (χ1v) is 7.00. The molecule has 4 nitrogen and oxygen atoms in total. The van der Waals surface area contributed by atoms with E-state index in [2.05, 4.69) is 17.9 Å². The standard InChI is InChI=1S/C13H19NO3S/c1-13-4-3-8(7-13)9(12(16)17)10(13)11(15)14-5-2-6-18/h8,18H,2-7H2,1H3,(H,14,15)(H,16,17). The maximum absolute atomic E-state index is 12.2. The lowest BCUT2D eigenvalue weighted by Crippen LogP contribution is -2.33. The Bertz CT molecular complexity index is 418. The van der Waals surface area contributed by atoms with Crippen molar-refractivity contribution in [3.8, 4) is 0 Å². The normalized spacial score (nSPS) is 29.8. The van der Waals surface area contributed by atoms with Crippen molar-refractivity contribution in [1.29, 1.82) is 0 Å². The van der Waals surface area contributed by atoms with E-state index in [0.717, 1.165) is 25.7 Å². The van der Waals surface area contributed by atoms with E-state index in [1.165, 1.54) is 0 Å². The van der Waals surface area contributed by atoms with Crippen molar-refractivity contribution in [2.75, 3.05) is 12.3 Å². The minimum atomic E-state index is -0.928. The number of amides is 1. The molecule has 18 heavy (non-hydrogen) atoms. The topological polar surface area (TPSA) is 66.4 Å². The molecule has 2 aliphatic rings. The molecule has 2 atom stereocenters. The Balaban J connectivity index is 2.22. The molecule has 2 bridgehead atoms. The molecule has 2 unspecified atom stereocenters. The van der Waals surface area contributed by atoms with E-state index in [4.69, 9.17) is 0 Å². The minimum absolute atomic E-state index is 0.0677. The molecule has 0 saturated heterocycles.